The number of benzene rings is 3. The molecule has 0 unspecified atom stereocenters. The Morgan fingerprint density at radius 3 is 2.19 bits per heavy atom. The van der Waals surface area contributed by atoms with Crippen LogP contribution in [0.1, 0.15) is 0 Å². The van der Waals surface area contributed by atoms with Gasteiger partial charge in [-0.2, -0.15) is 13.5 Å². The Balaban J connectivity index is 0.00000243. The molecular formula is C17H16N3NaO3S2. The van der Waals surface area contributed by atoms with E-state index >= 15 is 0 Å². The molecule has 9 heteroatoms. The molecule has 130 valence electrons. The fourth-order valence-corrected chi connectivity index (χ4v) is 3.53. The van der Waals surface area contributed by atoms with Crippen molar-refractivity contribution >= 4 is 79.3 Å². The summed E-state index contributed by atoms with van der Waals surface area (Å²) in [5.41, 5.74) is 7.20. The fourth-order valence-electron chi connectivity index (χ4n) is 2.41. The summed E-state index contributed by atoms with van der Waals surface area (Å²) < 4.78 is 32.9. The maximum absolute atomic E-state index is 11.7. The van der Waals surface area contributed by atoms with Crippen LogP contribution in [-0.2, 0) is 10.1 Å². The van der Waals surface area contributed by atoms with Gasteiger partial charge < -0.3 is 5.73 Å². The molecule has 3 rings (SSSR count). The topological polar surface area (TPSA) is 105 Å². The van der Waals surface area contributed by atoms with Crippen LogP contribution in [0.4, 0.5) is 17.1 Å². The molecule has 0 atom stereocenters. The zero-order chi connectivity index (χ0) is 18.0. The van der Waals surface area contributed by atoms with Gasteiger partial charge in [-0.25, -0.2) is 0 Å². The van der Waals surface area contributed by atoms with Gasteiger partial charge in [0.1, 0.15) is 10.6 Å². The van der Waals surface area contributed by atoms with Crippen LogP contribution in [0.5, 0.6) is 0 Å². The van der Waals surface area contributed by atoms with Crippen LogP contribution in [-0.4, -0.2) is 48.8 Å². The third-order valence-electron chi connectivity index (χ3n) is 3.65. The van der Waals surface area contributed by atoms with Crippen molar-refractivity contribution < 1.29 is 13.0 Å². The van der Waals surface area contributed by atoms with Crippen molar-refractivity contribution in [2.45, 2.75) is 9.79 Å². The fraction of sp³-hybridized carbons (Fsp3) is 0.0588. The Hall–Kier alpha value is -1.42. The molecule has 3 aromatic rings. The van der Waals surface area contributed by atoms with Crippen LogP contribution in [0.2, 0.25) is 0 Å². The molecule has 0 aliphatic carbocycles. The van der Waals surface area contributed by atoms with Gasteiger partial charge in [0.25, 0.3) is 10.1 Å². The van der Waals surface area contributed by atoms with E-state index in [0.717, 1.165) is 4.90 Å². The Kier molecular flexibility index (Phi) is 6.84. The minimum atomic E-state index is -4.42. The standard InChI is InChI=1S/C17H15N3O3S2.Na.H/c1-24-12-8-6-11(7-9-12)19-20-15-10-16(25(21,22)23)13-4-2-3-5-14(13)17(15)18;;/h2-10H,18H2,1H3,(H,21,22,23);;/b20-19+;;. The third-order valence-corrected chi connectivity index (χ3v) is 5.29. The SMILES string of the molecule is CSc1ccc(/N=N/c2cc(S(=O)(=O)O)c3ccccc3c2N)cc1.[NaH]. The first kappa shape index (κ1) is 20.9. The quantitative estimate of drug-likeness (QED) is 0.226. The van der Waals surface area contributed by atoms with E-state index in [4.69, 9.17) is 5.73 Å². The zero-order valence-corrected chi connectivity index (χ0v) is 14.9. The summed E-state index contributed by atoms with van der Waals surface area (Å²) in [6, 6.07) is 15.3. The van der Waals surface area contributed by atoms with Crippen molar-refractivity contribution in [3.8, 4) is 0 Å². The van der Waals surface area contributed by atoms with Crippen LogP contribution in [0.15, 0.2) is 74.6 Å². The van der Waals surface area contributed by atoms with E-state index in [1.54, 1.807) is 48.2 Å². The summed E-state index contributed by atoms with van der Waals surface area (Å²) >= 11 is 1.61. The minimum absolute atomic E-state index is 0. The zero-order valence-electron chi connectivity index (χ0n) is 13.2. The van der Waals surface area contributed by atoms with Crippen molar-refractivity contribution in [2.24, 2.45) is 10.2 Å². The van der Waals surface area contributed by atoms with E-state index in [0.29, 0.717) is 22.1 Å². The second-order valence-electron chi connectivity index (χ2n) is 5.23. The van der Waals surface area contributed by atoms with Gasteiger partial charge in [-0.3, -0.25) is 4.55 Å². The number of nitrogens with two attached hydrogens (primary N) is 1. The van der Waals surface area contributed by atoms with E-state index in [1.165, 1.54) is 6.07 Å². The van der Waals surface area contributed by atoms with E-state index in [-0.39, 0.29) is 40.1 Å². The van der Waals surface area contributed by atoms with E-state index in [9.17, 15) is 13.0 Å². The van der Waals surface area contributed by atoms with Crippen LogP contribution < -0.4 is 5.73 Å². The molecule has 0 bridgehead atoms. The first-order valence-electron chi connectivity index (χ1n) is 7.24. The molecular weight excluding hydrogens is 381 g/mol. The van der Waals surface area contributed by atoms with Crippen molar-refractivity contribution in [3.05, 3.63) is 54.6 Å². The maximum atomic E-state index is 11.7. The van der Waals surface area contributed by atoms with Gasteiger partial charge in [0, 0.05) is 15.7 Å². The van der Waals surface area contributed by atoms with Gasteiger partial charge in [-0.15, -0.1) is 16.9 Å². The van der Waals surface area contributed by atoms with Crippen molar-refractivity contribution in [2.75, 3.05) is 12.0 Å². The van der Waals surface area contributed by atoms with Crippen LogP contribution in [0, 0.1) is 0 Å². The number of rotatable bonds is 4. The summed E-state index contributed by atoms with van der Waals surface area (Å²) in [6.07, 6.45) is 1.98. The number of azo groups is 1. The summed E-state index contributed by atoms with van der Waals surface area (Å²) in [6.45, 7) is 0. The number of anilines is 1. The molecule has 3 N–H and O–H groups in total. The Morgan fingerprint density at radius 2 is 1.62 bits per heavy atom. The molecule has 0 heterocycles. The molecule has 0 saturated heterocycles. The second kappa shape index (κ2) is 8.51. The summed E-state index contributed by atoms with van der Waals surface area (Å²) in [5, 5.41) is 9.00. The number of hydrogen-bond donors (Lipinski definition) is 2. The first-order chi connectivity index (χ1) is 11.9. The average molecular weight is 397 g/mol. The molecule has 0 saturated carbocycles. The normalized spacial score (nSPS) is 11.6. The van der Waals surface area contributed by atoms with Crippen LogP contribution in [0.3, 0.4) is 0 Å². The van der Waals surface area contributed by atoms with Gasteiger partial charge >= 0.3 is 29.6 Å². The molecule has 3 aromatic carbocycles. The van der Waals surface area contributed by atoms with E-state index in [2.05, 4.69) is 10.2 Å². The first-order valence-corrected chi connectivity index (χ1v) is 9.91. The molecule has 0 spiro atoms. The molecule has 0 amide bonds. The molecule has 0 aliphatic rings. The number of thioether (sulfide) groups is 1. The third kappa shape index (κ3) is 4.46. The summed E-state index contributed by atoms with van der Waals surface area (Å²) in [7, 11) is -4.42. The van der Waals surface area contributed by atoms with Gasteiger partial charge in [0.2, 0.25) is 0 Å². The molecule has 6 nitrogen and oxygen atoms in total. The van der Waals surface area contributed by atoms with E-state index < -0.39 is 10.1 Å². The Labute approximate surface area is 177 Å². The Bertz CT molecular complexity index is 1070. The van der Waals surface area contributed by atoms with E-state index in [1.807, 2.05) is 18.4 Å². The van der Waals surface area contributed by atoms with Crippen molar-refractivity contribution in [3.63, 3.8) is 0 Å². The van der Waals surface area contributed by atoms with Crippen molar-refractivity contribution in [1.82, 2.24) is 0 Å². The number of nitrogens with zero attached hydrogens (tertiary/aromatic N) is 2. The van der Waals surface area contributed by atoms with Crippen LogP contribution >= 0.6 is 11.8 Å². The van der Waals surface area contributed by atoms with Crippen LogP contribution in [0.25, 0.3) is 10.8 Å². The molecule has 0 aliphatic heterocycles. The predicted octanol–water partition coefficient (Wildman–Crippen LogP) is 4.16. The number of hydrogen-bond acceptors (Lipinski definition) is 6. The molecule has 0 fully saturated rings. The van der Waals surface area contributed by atoms with Gasteiger partial charge in [0.15, 0.2) is 0 Å². The number of fused-ring (bicyclic) bond motifs is 1. The molecule has 0 radical (unpaired) electrons. The summed E-state index contributed by atoms with van der Waals surface area (Å²) in [5.74, 6) is 0. The Morgan fingerprint density at radius 1 is 1.00 bits per heavy atom. The molecule has 0 aromatic heterocycles. The summed E-state index contributed by atoms with van der Waals surface area (Å²) in [4.78, 5) is 0.849. The van der Waals surface area contributed by atoms with Gasteiger partial charge in [0.05, 0.1) is 11.4 Å². The number of nitrogen functional groups attached to an aromatic ring is 1. The predicted molar refractivity (Wildman–Crippen MR) is 108 cm³/mol. The van der Waals surface area contributed by atoms with Gasteiger partial charge in [-0.05, 0) is 36.6 Å². The average Bonchev–Trinajstić information content (AvgIpc) is 2.61. The van der Waals surface area contributed by atoms with Gasteiger partial charge in [-0.1, -0.05) is 24.3 Å². The monoisotopic (exact) mass is 397 g/mol. The van der Waals surface area contributed by atoms with Crippen molar-refractivity contribution in [1.29, 1.82) is 0 Å². The second-order valence-corrected chi connectivity index (χ2v) is 7.50. The molecule has 26 heavy (non-hydrogen) atoms.